The molecule has 0 bridgehead atoms. The van der Waals surface area contributed by atoms with E-state index in [0.29, 0.717) is 40.1 Å². The normalized spacial score (nSPS) is 15.5. The number of aliphatic hydroxyl groups excluding tert-OH is 1. The topological polar surface area (TPSA) is 110 Å². The van der Waals surface area contributed by atoms with Crippen molar-refractivity contribution in [3.05, 3.63) is 88.7 Å². The van der Waals surface area contributed by atoms with Gasteiger partial charge in [-0.3, -0.25) is 14.3 Å². The molecule has 0 saturated heterocycles. The molecular formula is C33H26F3N5O4S. The molecular weight excluding hydrogens is 619 g/mol. The second kappa shape index (κ2) is 11.4. The van der Waals surface area contributed by atoms with Crippen molar-refractivity contribution in [1.29, 1.82) is 0 Å². The third-order valence-corrected chi connectivity index (χ3v) is 9.25. The molecule has 234 valence electrons. The van der Waals surface area contributed by atoms with Crippen molar-refractivity contribution in [1.82, 2.24) is 25.0 Å². The number of fused-ring (bicyclic) bond motifs is 3. The number of carbonyl (C=O) groups excluding carboxylic acids is 2. The number of ether oxygens (including phenoxy) is 1. The highest BCUT2D eigenvalue weighted by Crippen LogP contribution is 2.48. The zero-order valence-corrected chi connectivity index (χ0v) is 25.3. The van der Waals surface area contributed by atoms with E-state index >= 15 is 8.78 Å². The molecule has 1 unspecified atom stereocenters. The van der Waals surface area contributed by atoms with Gasteiger partial charge in [0, 0.05) is 52.0 Å². The van der Waals surface area contributed by atoms with Crippen LogP contribution in [0.5, 0.6) is 5.75 Å². The first kappa shape index (κ1) is 29.7. The molecule has 2 aliphatic heterocycles. The summed E-state index contributed by atoms with van der Waals surface area (Å²) in [6.45, 7) is 5.83. The highest BCUT2D eigenvalue weighted by molar-refractivity contribution is 7.18. The molecule has 9 nitrogen and oxygen atoms in total. The molecule has 5 aromatic rings. The number of benzene rings is 2. The van der Waals surface area contributed by atoms with Gasteiger partial charge in [0.1, 0.15) is 41.2 Å². The lowest BCUT2D eigenvalue weighted by Crippen LogP contribution is -2.40. The Bertz CT molecular complexity index is 2090. The lowest BCUT2D eigenvalue weighted by Gasteiger charge is -2.33. The van der Waals surface area contributed by atoms with Crippen LogP contribution in [-0.4, -0.2) is 56.3 Å². The van der Waals surface area contributed by atoms with Crippen molar-refractivity contribution >= 4 is 33.2 Å². The first-order chi connectivity index (χ1) is 22.2. The summed E-state index contributed by atoms with van der Waals surface area (Å²) in [5.41, 5.74) is 2.59. The monoisotopic (exact) mass is 645 g/mol. The van der Waals surface area contributed by atoms with Crippen LogP contribution in [0.1, 0.15) is 34.6 Å². The summed E-state index contributed by atoms with van der Waals surface area (Å²) in [4.78, 5) is 31.4. The van der Waals surface area contributed by atoms with E-state index < -0.39 is 24.1 Å². The Hall–Kier alpha value is -5.01. The van der Waals surface area contributed by atoms with Crippen LogP contribution >= 0.6 is 11.3 Å². The predicted molar refractivity (Wildman–Crippen MR) is 166 cm³/mol. The largest absolute Gasteiger partial charge is 0.490 e. The molecule has 0 saturated carbocycles. The Morgan fingerprint density at radius 2 is 1.96 bits per heavy atom. The van der Waals surface area contributed by atoms with E-state index in [9.17, 15) is 19.1 Å². The lowest BCUT2D eigenvalue weighted by molar-refractivity contribution is -0.129. The number of nitrogens with one attached hydrogen (secondary N) is 1. The molecule has 7 rings (SSSR count). The molecule has 1 atom stereocenters. The number of aliphatic hydroxyl groups is 1. The number of rotatable bonds is 7. The van der Waals surface area contributed by atoms with E-state index in [4.69, 9.17) is 14.8 Å². The van der Waals surface area contributed by atoms with Crippen LogP contribution in [0.3, 0.4) is 0 Å². The van der Waals surface area contributed by atoms with E-state index in [2.05, 4.69) is 11.9 Å². The number of hydrogen-bond donors (Lipinski definition) is 2. The molecule has 0 aliphatic carbocycles. The van der Waals surface area contributed by atoms with Crippen molar-refractivity contribution in [2.45, 2.75) is 26.1 Å². The third kappa shape index (κ3) is 4.74. The summed E-state index contributed by atoms with van der Waals surface area (Å²) < 4.78 is 54.1. The SMILES string of the molecule is C=CC(=O)N1CCn2nc(-c3nc(-c4cc5c(cc4F)C(=O)NC5)c4ccsc4c3-c3c(F)cc(F)cc3OCCO)cc2C1C. The van der Waals surface area contributed by atoms with Crippen LogP contribution in [0, 0.1) is 17.5 Å². The highest BCUT2D eigenvalue weighted by Gasteiger charge is 2.32. The molecule has 2 amide bonds. The standard InChI is InChI=1S/C33H26F3N5O4S/c1-3-27(43)40-5-6-41-25(16(40)2)14-24(39-41)31-29(28-23(36)11-18(34)12-26(28)45-8-7-42)32-19(4-9-46-32)30(38-31)21-10-17-15-37-33(44)20(17)13-22(21)35/h3-4,9-14,16,42H,1,5-8,15H2,2H3,(H,37,44). The molecule has 0 spiro atoms. The lowest BCUT2D eigenvalue weighted by atomic mass is 9.95. The molecule has 46 heavy (non-hydrogen) atoms. The number of nitrogens with zero attached hydrogens (tertiary/aromatic N) is 4. The fourth-order valence-electron chi connectivity index (χ4n) is 6.17. The predicted octanol–water partition coefficient (Wildman–Crippen LogP) is 5.61. The quantitative estimate of drug-likeness (QED) is 0.223. The van der Waals surface area contributed by atoms with E-state index in [1.54, 1.807) is 33.2 Å². The molecule has 3 aromatic heterocycles. The van der Waals surface area contributed by atoms with Gasteiger partial charge in [0.2, 0.25) is 5.91 Å². The number of hydrogen-bond acceptors (Lipinski definition) is 7. The Balaban J connectivity index is 1.52. The third-order valence-electron chi connectivity index (χ3n) is 8.32. The number of pyridine rings is 1. The molecule has 0 radical (unpaired) electrons. The summed E-state index contributed by atoms with van der Waals surface area (Å²) in [5, 5.41) is 19.2. The fourth-order valence-corrected chi connectivity index (χ4v) is 7.12. The Kier molecular flexibility index (Phi) is 7.36. The molecule has 2 aliphatic rings. The first-order valence-electron chi connectivity index (χ1n) is 14.5. The van der Waals surface area contributed by atoms with Gasteiger partial charge in [0.25, 0.3) is 5.91 Å². The van der Waals surface area contributed by atoms with Crippen molar-refractivity contribution < 1.29 is 32.6 Å². The van der Waals surface area contributed by atoms with Gasteiger partial charge in [-0.25, -0.2) is 18.2 Å². The number of thiophene rings is 1. The maximum atomic E-state index is 15.9. The van der Waals surface area contributed by atoms with Crippen LogP contribution < -0.4 is 10.1 Å². The fraction of sp³-hybridized carbons (Fsp3) is 0.212. The zero-order chi connectivity index (χ0) is 32.3. The van der Waals surface area contributed by atoms with Crippen molar-refractivity contribution in [2.75, 3.05) is 19.8 Å². The van der Waals surface area contributed by atoms with Gasteiger partial charge in [-0.15, -0.1) is 11.3 Å². The molecule has 0 fully saturated rings. The molecule has 5 heterocycles. The minimum atomic E-state index is -0.924. The van der Waals surface area contributed by atoms with E-state index in [1.165, 1.54) is 23.5 Å². The maximum absolute atomic E-state index is 15.9. The number of halogens is 3. The van der Waals surface area contributed by atoms with Crippen LogP contribution in [0.2, 0.25) is 0 Å². The minimum Gasteiger partial charge on any atom is -0.490 e. The van der Waals surface area contributed by atoms with Crippen molar-refractivity contribution in [3.8, 4) is 39.5 Å². The minimum absolute atomic E-state index is 0.0944. The van der Waals surface area contributed by atoms with Crippen LogP contribution in [0.4, 0.5) is 13.2 Å². The van der Waals surface area contributed by atoms with Crippen LogP contribution in [0.25, 0.3) is 43.9 Å². The number of amides is 2. The average molecular weight is 646 g/mol. The van der Waals surface area contributed by atoms with E-state index in [0.717, 1.165) is 12.1 Å². The van der Waals surface area contributed by atoms with Gasteiger partial charge in [-0.2, -0.15) is 5.10 Å². The van der Waals surface area contributed by atoms with Crippen molar-refractivity contribution in [3.63, 3.8) is 0 Å². The Morgan fingerprint density at radius 3 is 2.74 bits per heavy atom. The molecule has 13 heteroatoms. The number of aromatic nitrogens is 3. The summed E-state index contributed by atoms with van der Waals surface area (Å²) in [6, 6.07) is 7.65. The van der Waals surface area contributed by atoms with Gasteiger partial charge in [-0.1, -0.05) is 6.58 Å². The summed E-state index contributed by atoms with van der Waals surface area (Å²) in [5.74, 6) is -3.21. The number of carbonyl (C=O) groups is 2. The Labute approximate surface area is 264 Å². The van der Waals surface area contributed by atoms with Gasteiger partial charge in [-0.05, 0) is 48.2 Å². The molecule has 2 N–H and O–H groups in total. The Morgan fingerprint density at radius 1 is 1.13 bits per heavy atom. The van der Waals surface area contributed by atoms with E-state index in [-0.39, 0.29) is 70.4 Å². The second-order valence-electron chi connectivity index (χ2n) is 10.9. The van der Waals surface area contributed by atoms with Gasteiger partial charge >= 0.3 is 0 Å². The van der Waals surface area contributed by atoms with Gasteiger partial charge in [0.05, 0.1) is 36.1 Å². The van der Waals surface area contributed by atoms with E-state index in [1.807, 2.05) is 6.92 Å². The van der Waals surface area contributed by atoms with Gasteiger partial charge < -0.3 is 20.1 Å². The van der Waals surface area contributed by atoms with Crippen LogP contribution in [0.15, 0.2) is 54.4 Å². The highest BCUT2D eigenvalue weighted by atomic mass is 32.1. The second-order valence-corrected chi connectivity index (χ2v) is 11.9. The zero-order valence-electron chi connectivity index (χ0n) is 24.4. The van der Waals surface area contributed by atoms with Crippen molar-refractivity contribution in [2.24, 2.45) is 0 Å². The first-order valence-corrected chi connectivity index (χ1v) is 15.3. The smallest absolute Gasteiger partial charge is 0.252 e. The summed E-state index contributed by atoms with van der Waals surface area (Å²) >= 11 is 1.25. The van der Waals surface area contributed by atoms with Gasteiger partial charge in [0.15, 0.2) is 0 Å². The summed E-state index contributed by atoms with van der Waals surface area (Å²) in [6.07, 6.45) is 1.25. The summed E-state index contributed by atoms with van der Waals surface area (Å²) in [7, 11) is 0. The average Bonchev–Trinajstić information content (AvgIpc) is 3.78. The van der Waals surface area contributed by atoms with Crippen LogP contribution in [-0.2, 0) is 17.9 Å². The molecule has 2 aromatic carbocycles. The maximum Gasteiger partial charge on any atom is 0.252 e.